The van der Waals surface area contributed by atoms with Crippen LogP contribution in [0.2, 0.25) is 0 Å². The summed E-state index contributed by atoms with van der Waals surface area (Å²) in [6.45, 7) is 3.33. The molecule has 98 valence electrons. The van der Waals surface area contributed by atoms with Gasteiger partial charge < -0.3 is 15.3 Å². The van der Waals surface area contributed by atoms with Crippen molar-refractivity contribution in [3.05, 3.63) is 33.9 Å². The normalized spacial score (nSPS) is 22.4. The van der Waals surface area contributed by atoms with Gasteiger partial charge in [0.2, 0.25) is 0 Å². The first-order valence-corrected chi connectivity index (χ1v) is 6.12. The second-order valence-electron chi connectivity index (χ2n) is 4.83. The summed E-state index contributed by atoms with van der Waals surface area (Å²) in [5, 5.41) is 28.5. The van der Waals surface area contributed by atoms with E-state index in [1.807, 2.05) is 6.92 Å². The largest absolute Gasteiger partial charge is 0.396 e. The molecule has 2 rings (SSSR count). The topological polar surface area (TPSA) is 77.8 Å². The summed E-state index contributed by atoms with van der Waals surface area (Å²) in [6, 6.07) is 1.69. The quantitative estimate of drug-likeness (QED) is 0.744. The lowest BCUT2D eigenvalue weighted by Gasteiger charge is -2.15. The zero-order valence-electron chi connectivity index (χ0n) is 10.6. The zero-order valence-corrected chi connectivity index (χ0v) is 10.6. The predicted molar refractivity (Wildman–Crippen MR) is 66.3 cm³/mol. The summed E-state index contributed by atoms with van der Waals surface area (Å²) in [5.74, 6) is -0.492. The Morgan fingerprint density at radius 3 is 2.56 bits per heavy atom. The summed E-state index contributed by atoms with van der Waals surface area (Å²) in [5.41, 5.74) is 3.44. The van der Waals surface area contributed by atoms with Gasteiger partial charge in [-0.05, 0) is 41.7 Å². The second kappa shape index (κ2) is 4.80. The molecule has 1 aromatic carbocycles. The van der Waals surface area contributed by atoms with Crippen LogP contribution in [0.4, 0.5) is 0 Å². The highest BCUT2D eigenvalue weighted by Gasteiger charge is 2.37. The number of aliphatic hydroxyl groups is 3. The van der Waals surface area contributed by atoms with Gasteiger partial charge in [0.25, 0.3) is 0 Å². The SMILES string of the molecule is Cc1c(CCO)c(CO)cc2c1C(=O)C(C)C2O. The fourth-order valence-electron chi connectivity index (χ4n) is 2.76. The van der Waals surface area contributed by atoms with Crippen molar-refractivity contribution in [2.75, 3.05) is 6.61 Å². The molecule has 0 fully saturated rings. The Balaban J connectivity index is 2.66. The number of hydrogen-bond acceptors (Lipinski definition) is 4. The third-order valence-electron chi connectivity index (χ3n) is 3.82. The number of ketones is 1. The number of hydrogen-bond donors (Lipinski definition) is 3. The van der Waals surface area contributed by atoms with Crippen molar-refractivity contribution in [1.82, 2.24) is 0 Å². The summed E-state index contributed by atoms with van der Waals surface area (Å²) < 4.78 is 0. The third kappa shape index (κ3) is 1.77. The molecule has 0 saturated carbocycles. The number of benzene rings is 1. The Morgan fingerprint density at radius 2 is 2.00 bits per heavy atom. The van der Waals surface area contributed by atoms with Gasteiger partial charge in [-0.3, -0.25) is 4.79 Å². The van der Waals surface area contributed by atoms with Crippen LogP contribution in [0, 0.1) is 12.8 Å². The van der Waals surface area contributed by atoms with Crippen molar-refractivity contribution in [3.8, 4) is 0 Å². The van der Waals surface area contributed by atoms with Gasteiger partial charge in [-0.1, -0.05) is 6.92 Å². The Morgan fingerprint density at radius 1 is 1.33 bits per heavy atom. The van der Waals surface area contributed by atoms with Crippen molar-refractivity contribution in [2.24, 2.45) is 5.92 Å². The summed E-state index contributed by atoms with van der Waals surface area (Å²) in [6.07, 6.45) is -0.382. The molecule has 0 saturated heterocycles. The number of aliphatic hydroxyl groups excluding tert-OH is 3. The maximum Gasteiger partial charge on any atom is 0.169 e. The summed E-state index contributed by atoms with van der Waals surface area (Å²) in [4.78, 5) is 12.1. The van der Waals surface area contributed by atoms with Gasteiger partial charge in [0.05, 0.1) is 12.7 Å². The number of Topliss-reactive ketones (excluding diaryl/α,β-unsaturated/α-hetero) is 1. The van der Waals surface area contributed by atoms with Gasteiger partial charge >= 0.3 is 0 Å². The molecule has 4 nitrogen and oxygen atoms in total. The van der Waals surface area contributed by atoms with E-state index in [4.69, 9.17) is 5.11 Å². The van der Waals surface area contributed by atoms with Gasteiger partial charge in [-0.15, -0.1) is 0 Å². The van der Waals surface area contributed by atoms with Gasteiger partial charge in [0.1, 0.15) is 0 Å². The van der Waals surface area contributed by atoms with Crippen LogP contribution < -0.4 is 0 Å². The van der Waals surface area contributed by atoms with Crippen LogP contribution in [0.25, 0.3) is 0 Å². The molecule has 0 bridgehead atoms. The molecule has 1 aliphatic carbocycles. The average Bonchev–Trinajstić information content (AvgIpc) is 2.57. The van der Waals surface area contributed by atoms with E-state index in [9.17, 15) is 15.0 Å². The van der Waals surface area contributed by atoms with Crippen molar-refractivity contribution in [3.63, 3.8) is 0 Å². The molecule has 0 amide bonds. The van der Waals surface area contributed by atoms with Gasteiger partial charge in [-0.2, -0.15) is 0 Å². The number of carbonyl (C=O) groups is 1. The Kier molecular flexibility index (Phi) is 3.52. The van der Waals surface area contributed by atoms with E-state index in [1.54, 1.807) is 13.0 Å². The monoisotopic (exact) mass is 250 g/mol. The molecule has 2 atom stereocenters. The minimum Gasteiger partial charge on any atom is -0.396 e. The van der Waals surface area contributed by atoms with Crippen LogP contribution in [0.3, 0.4) is 0 Å². The standard InChI is InChI=1S/C14H18O4/c1-7-10(3-4-15)9(6-16)5-11-12(7)14(18)8(2)13(11)17/h5,8,13,15-17H,3-4,6H2,1-2H3. The molecule has 1 aliphatic rings. The average molecular weight is 250 g/mol. The lowest BCUT2D eigenvalue weighted by molar-refractivity contribution is 0.0790. The Bertz CT molecular complexity index is 493. The molecule has 0 aliphatic heterocycles. The molecule has 18 heavy (non-hydrogen) atoms. The fourth-order valence-corrected chi connectivity index (χ4v) is 2.76. The highest BCUT2D eigenvalue weighted by molar-refractivity contribution is 6.04. The highest BCUT2D eigenvalue weighted by atomic mass is 16.3. The molecule has 0 radical (unpaired) electrons. The lowest BCUT2D eigenvalue weighted by atomic mass is 9.91. The first-order valence-electron chi connectivity index (χ1n) is 6.12. The van der Waals surface area contributed by atoms with Crippen LogP contribution in [0.1, 0.15) is 45.6 Å². The zero-order chi connectivity index (χ0) is 13.4. The van der Waals surface area contributed by atoms with E-state index in [-0.39, 0.29) is 19.0 Å². The molecule has 0 spiro atoms. The number of fused-ring (bicyclic) bond motifs is 1. The summed E-state index contributed by atoms with van der Waals surface area (Å²) >= 11 is 0. The summed E-state index contributed by atoms with van der Waals surface area (Å²) in [7, 11) is 0. The van der Waals surface area contributed by atoms with Crippen molar-refractivity contribution >= 4 is 5.78 Å². The fraction of sp³-hybridized carbons (Fsp3) is 0.500. The maximum atomic E-state index is 12.1. The first-order chi connectivity index (χ1) is 8.52. The van der Waals surface area contributed by atoms with Crippen molar-refractivity contribution in [1.29, 1.82) is 0 Å². The van der Waals surface area contributed by atoms with Gasteiger partial charge in [-0.25, -0.2) is 0 Å². The molecule has 3 N–H and O–H groups in total. The molecule has 0 heterocycles. The first kappa shape index (κ1) is 13.2. The van der Waals surface area contributed by atoms with Crippen molar-refractivity contribution in [2.45, 2.75) is 33.0 Å². The molecule has 0 aromatic heterocycles. The molecular weight excluding hydrogens is 232 g/mol. The smallest absolute Gasteiger partial charge is 0.169 e. The Hall–Kier alpha value is -1.23. The molecule has 2 unspecified atom stereocenters. The molecular formula is C14H18O4. The minimum atomic E-state index is -0.792. The number of carbonyl (C=O) groups excluding carboxylic acids is 1. The van der Waals surface area contributed by atoms with Gasteiger partial charge in [0.15, 0.2) is 5.78 Å². The van der Waals surface area contributed by atoms with E-state index >= 15 is 0 Å². The van der Waals surface area contributed by atoms with E-state index in [0.29, 0.717) is 23.1 Å². The minimum absolute atomic E-state index is 0.0288. The second-order valence-corrected chi connectivity index (χ2v) is 4.83. The Labute approximate surface area is 106 Å². The lowest BCUT2D eigenvalue weighted by Crippen LogP contribution is -2.09. The van der Waals surface area contributed by atoms with Crippen LogP contribution in [-0.2, 0) is 13.0 Å². The van der Waals surface area contributed by atoms with Crippen LogP contribution in [-0.4, -0.2) is 27.7 Å². The van der Waals surface area contributed by atoms with Crippen LogP contribution in [0.5, 0.6) is 0 Å². The van der Waals surface area contributed by atoms with Gasteiger partial charge in [0, 0.05) is 18.1 Å². The molecule has 4 heteroatoms. The molecule has 1 aromatic rings. The highest BCUT2D eigenvalue weighted by Crippen LogP contribution is 2.39. The predicted octanol–water partition coefficient (Wildman–Crippen LogP) is 0.888. The van der Waals surface area contributed by atoms with Crippen LogP contribution in [0.15, 0.2) is 6.07 Å². The maximum absolute atomic E-state index is 12.1. The van der Waals surface area contributed by atoms with E-state index in [1.165, 1.54) is 0 Å². The van der Waals surface area contributed by atoms with E-state index in [0.717, 1.165) is 11.1 Å². The van der Waals surface area contributed by atoms with E-state index < -0.39 is 12.0 Å². The van der Waals surface area contributed by atoms with E-state index in [2.05, 4.69) is 0 Å². The van der Waals surface area contributed by atoms with Crippen LogP contribution >= 0.6 is 0 Å². The third-order valence-corrected chi connectivity index (χ3v) is 3.82. The number of rotatable bonds is 3. The van der Waals surface area contributed by atoms with Crippen molar-refractivity contribution < 1.29 is 20.1 Å².